The molecule has 0 saturated carbocycles. The van der Waals surface area contributed by atoms with Crippen LogP contribution in [0, 0.1) is 0 Å². The number of aromatic nitrogens is 5. The molecule has 13 nitrogen and oxygen atoms in total. The summed E-state index contributed by atoms with van der Waals surface area (Å²) in [5.74, 6) is -0.854. The smallest absolute Gasteiger partial charge is 0.273 e. The van der Waals surface area contributed by atoms with Crippen molar-refractivity contribution in [1.29, 1.82) is 0 Å². The van der Waals surface area contributed by atoms with Crippen LogP contribution in [0.5, 0.6) is 0 Å². The number of nitrogens with one attached hydrogen (secondary N) is 2. The molecule has 0 radical (unpaired) electrons. The molecule has 230 valence electrons. The van der Waals surface area contributed by atoms with E-state index in [2.05, 4.69) is 59.6 Å². The van der Waals surface area contributed by atoms with Crippen LogP contribution in [0.3, 0.4) is 0 Å². The third-order valence-corrected chi connectivity index (χ3v) is 8.36. The standard InChI is InChI=1S/C27H33Cl3N10O3/c1-17-15-39(7-6-37(17)2)23-12-19(28)22(13-20(23)33-25(41)18-14-32-27(30)34-24(18)29)40-16-21(35-36-40)26(42)31-4-3-5-38-8-10-43-11-9-38/h12-14,16-17H,3-11,15H2,1-2H3,(H,31,42)(H,33,41)/t17-/m0/s1. The molecule has 2 aliphatic rings. The van der Waals surface area contributed by atoms with E-state index >= 15 is 0 Å². The van der Waals surface area contributed by atoms with Crippen LogP contribution in [0.15, 0.2) is 24.5 Å². The van der Waals surface area contributed by atoms with E-state index in [1.807, 2.05) is 0 Å². The van der Waals surface area contributed by atoms with Gasteiger partial charge in [0.1, 0.15) is 5.15 Å². The van der Waals surface area contributed by atoms with Crippen molar-refractivity contribution in [2.45, 2.75) is 19.4 Å². The topological polar surface area (TPSA) is 134 Å². The summed E-state index contributed by atoms with van der Waals surface area (Å²) in [6, 6.07) is 3.75. The lowest BCUT2D eigenvalue weighted by Crippen LogP contribution is -2.50. The molecule has 2 amide bonds. The second-order valence-electron chi connectivity index (χ2n) is 10.5. The molecule has 16 heteroatoms. The summed E-state index contributed by atoms with van der Waals surface area (Å²) < 4.78 is 6.78. The van der Waals surface area contributed by atoms with Gasteiger partial charge in [-0.3, -0.25) is 14.5 Å². The molecule has 2 saturated heterocycles. The molecule has 1 aromatic carbocycles. The van der Waals surface area contributed by atoms with Crippen LogP contribution in [0.1, 0.15) is 34.2 Å². The Morgan fingerprint density at radius 2 is 1.86 bits per heavy atom. The van der Waals surface area contributed by atoms with E-state index in [1.165, 1.54) is 17.1 Å². The second kappa shape index (κ2) is 14.1. The first-order valence-corrected chi connectivity index (χ1v) is 15.1. The van der Waals surface area contributed by atoms with Gasteiger partial charge in [0.25, 0.3) is 11.8 Å². The third kappa shape index (κ3) is 7.72. The highest BCUT2D eigenvalue weighted by Gasteiger charge is 2.26. The average Bonchev–Trinajstić information content (AvgIpc) is 3.48. The van der Waals surface area contributed by atoms with Crippen molar-refractivity contribution in [3.05, 3.63) is 51.2 Å². The Balaban J connectivity index is 1.35. The van der Waals surface area contributed by atoms with Crippen molar-refractivity contribution >= 4 is 58.0 Å². The molecule has 4 heterocycles. The Hall–Kier alpha value is -3.07. The van der Waals surface area contributed by atoms with Crippen LogP contribution < -0.4 is 15.5 Å². The molecule has 0 aliphatic carbocycles. The molecule has 0 unspecified atom stereocenters. The van der Waals surface area contributed by atoms with E-state index in [0.29, 0.717) is 22.9 Å². The molecule has 2 fully saturated rings. The summed E-state index contributed by atoms with van der Waals surface area (Å²) in [4.78, 5) is 40.5. The Kier molecular flexibility index (Phi) is 10.3. The van der Waals surface area contributed by atoms with E-state index in [-0.39, 0.29) is 33.6 Å². The van der Waals surface area contributed by atoms with E-state index < -0.39 is 5.91 Å². The van der Waals surface area contributed by atoms with Gasteiger partial charge in [-0.05, 0) is 50.7 Å². The van der Waals surface area contributed by atoms with Gasteiger partial charge in [0.15, 0.2) is 5.69 Å². The minimum absolute atomic E-state index is 0.0635. The number of nitrogens with zero attached hydrogens (tertiary/aromatic N) is 8. The number of piperazine rings is 1. The first-order valence-electron chi connectivity index (χ1n) is 14.0. The summed E-state index contributed by atoms with van der Waals surface area (Å²) in [5.41, 5.74) is 1.84. The zero-order valence-electron chi connectivity index (χ0n) is 23.9. The van der Waals surface area contributed by atoms with Crippen LogP contribution in [0.2, 0.25) is 15.5 Å². The molecule has 5 rings (SSSR count). The SMILES string of the molecule is C[C@H]1CN(c2cc(Cl)c(-n3cc(C(=O)NCCCN4CCOCC4)nn3)cc2NC(=O)c2cnc(Cl)nc2Cl)CCN1C. The molecule has 2 aliphatic heterocycles. The Morgan fingerprint density at radius 1 is 1.07 bits per heavy atom. The lowest BCUT2D eigenvalue weighted by molar-refractivity contribution is 0.0374. The molecule has 3 aromatic rings. The van der Waals surface area contributed by atoms with Crippen LogP contribution in [-0.2, 0) is 4.74 Å². The van der Waals surface area contributed by atoms with Crippen LogP contribution in [0.4, 0.5) is 11.4 Å². The highest BCUT2D eigenvalue weighted by molar-refractivity contribution is 6.35. The number of halogens is 3. The lowest BCUT2D eigenvalue weighted by Gasteiger charge is -2.39. The molecule has 0 spiro atoms. The number of carbonyl (C=O) groups is 2. The lowest BCUT2D eigenvalue weighted by atomic mass is 10.1. The van der Waals surface area contributed by atoms with Gasteiger partial charge in [-0.2, -0.15) is 0 Å². The van der Waals surface area contributed by atoms with Crippen molar-refractivity contribution in [3.8, 4) is 5.69 Å². The van der Waals surface area contributed by atoms with Gasteiger partial charge in [0.2, 0.25) is 5.28 Å². The maximum Gasteiger partial charge on any atom is 0.273 e. The number of morpholine rings is 1. The van der Waals surface area contributed by atoms with Crippen molar-refractivity contribution in [2.24, 2.45) is 0 Å². The maximum absolute atomic E-state index is 13.3. The van der Waals surface area contributed by atoms with Crippen LogP contribution in [-0.4, -0.2) is 119 Å². The molecular formula is C27H33Cl3N10O3. The first kappa shape index (κ1) is 31.4. The number of hydrogen-bond acceptors (Lipinski definition) is 10. The van der Waals surface area contributed by atoms with Crippen molar-refractivity contribution < 1.29 is 14.3 Å². The average molecular weight is 652 g/mol. The summed E-state index contributed by atoms with van der Waals surface area (Å²) in [6.45, 7) is 9.08. The molecular weight excluding hydrogens is 619 g/mol. The van der Waals surface area contributed by atoms with Crippen LogP contribution >= 0.6 is 34.8 Å². The van der Waals surface area contributed by atoms with E-state index in [9.17, 15) is 9.59 Å². The quantitative estimate of drug-likeness (QED) is 0.202. The number of ether oxygens (including phenoxy) is 1. The number of amides is 2. The highest BCUT2D eigenvalue weighted by atomic mass is 35.5. The number of benzene rings is 1. The van der Waals surface area contributed by atoms with Gasteiger partial charge >= 0.3 is 0 Å². The van der Waals surface area contributed by atoms with Crippen LogP contribution in [0.25, 0.3) is 5.69 Å². The van der Waals surface area contributed by atoms with Gasteiger partial charge in [-0.1, -0.05) is 28.4 Å². The number of carbonyl (C=O) groups excluding carboxylic acids is 2. The summed E-state index contributed by atoms with van der Waals surface area (Å²) in [6.07, 6.45) is 3.58. The first-order chi connectivity index (χ1) is 20.7. The Labute approximate surface area is 264 Å². The Morgan fingerprint density at radius 3 is 2.60 bits per heavy atom. The molecule has 2 aromatic heterocycles. The largest absolute Gasteiger partial charge is 0.379 e. The zero-order valence-corrected chi connectivity index (χ0v) is 26.2. The fraction of sp³-hybridized carbons (Fsp3) is 0.481. The monoisotopic (exact) mass is 650 g/mol. The Bertz CT molecular complexity index is 1470. The predicted octanol–water partition coefficient (Wildman–Crippen LogP) is 2.86. The van der Waals surface area contributed by atoms with Gasteiger partial charge in [0, 0.05) is 51.5 Å². The normalized spacial score (nSPS) is 18.1. The van der Waals surface area contributed by atoms with E-state index in [4.69, 9.17) is 39.5 Å². The molecule has 2 N–H and O–H groups in total. The number of anilines is 2. The summed E-state index contributed by atoms with van der Waals surface area (Å²) in [7, 11) is 2.08. The number of rotatable bonds is 9. The van der Waals surface area contributed by atoms with Crippen molar-refractivity contribution in [1.82, 2.24) is 40.1 Å². The van der Waals surface area contributed by atoms with Crippen molar-refractivity contribution in [2.75, 3.05) is 76.3 Å². The number of hydrogen-bond donors (Lipinski definition) is 2. The fourth-order valence-corrected chi connectivity index (χ4v) is 5.58. The molecule has 43 heavy (non-hydrogen) atoms. The van der Waals surface area contributed by atoms with Gasteiger partial charge in [-0.15, -0.1) is 5.10 Å². The number of likely N-dealkylation sites (N-methyl/N-ethyl adjacent to an activating group) is 1. The van der Waals surface area contributed by atoms with E-state index in [0.717, 1.165) is 64.6 Å². The summed E-state index contributed by atoms with van der Waals surface area (Å²) in [5, 5.41) is 14.3. The molecule has 1 atom stereocenters. The van der Waals surface area contributed by atoms with Gasteiger partial charge in [0.05, 0.1) is 47.1 Å². The summed E-state index contributed by atoms with van der Waals surface area (Å²) >= 11 is 18.8. The second-order valence-corrected chi connectivity index (χ2v) is 11.6. The fourth-order valence-electron chi connectivity index (χ4n) is 4.94. The zero-order chi connectivity index (χ0) is 30.5. The van der Waals surface area contributed by atoms with Crippen molar-refractivity contribution in [3.63, 3.8) is 0 Å². The minimum atomic E-state index is -0.519. The maximum atomic E-state index is 13.3. The highest BCUT2D eigenvalue weighted by Crippen LogP contribution is 2.36. The third-order valence-electron chi connectivity index (χ3n) is 7.58. The van der Waals surface area contributed by atoms with Gasteiger partial charge < -0.3 is 25.2 Å². The minimum Gasteiger partial charge on any atom is -0.379 e. The van der Waals surface area contributed by atoms with Gasteiger partial charge in [-0.25, -0.2) is 14.6 Å². The molecule has 0 bridgehead atoms. The predicted molar refractivity (Wildman–Crippen MR) is 165 cm³/mol. The van der Waals surface area contributed by atoms with E-state index in [1.54, 1.807) is 12.1 Å².